The second kappa shape index (κ2) is 13.5. The summed E-state index contributed by atoms with van der Waals surface area (Å²) >= 11 is 0. The van der Waals surface area contributed by atoms with Crippen LogP contribution >= 0.6 is 0 Å². The molecule has 276 valence electrons. The van der Waals surface area contributed by atoms with E-state index in [0.29, 0.717) is 0 Å². The van der Waals surface area contributed by atoms with Gasteiger partial charge in [-0.3, -0.25) is 0 Å². The number of benzene rings is 8. The van der Waals surface area contributed by atoms with Crippen LogP contribution in [0.15, 0.2) is 206 Å². The third kappa shape index (κ3) is 5.64. The number of allylic oxidation sites excluding steroid dienone is 2. The summed E-state index contributed by atoms with van der Waals surface area (Å²) < 4.78 is 2.42. The highest BCUT2D eigenvalue weighted by Gasteiger charge is 2.35. The molecule has 0 spiro atoms. The Labute approximate surface area is 340 Å². The highest BCUT2D eigenvalue weighted by atomic mass is 15.0. The van der Waals surface area contributed by atoms with Crippen LogP contribution in [0.4, 0.5) is 0 Å². The predicted molar refractivity (Wildman–Crippen MR) is 244 cm³/mol. The Kier molecular flexibility index (Phi) is 7.94. The minimum Gasteiger partial charge on any atom is -0.374 e. The van der Waals surface area contributed by atoms with Gasteiger partial charge in [0.1, 0.15) is 0 Å². The maximum Gasteiger partial charge on any atom is 0.0707 e. The Morgan fingerprint density at radius 2 is 1.07 bits per heavy atom. The van der Waals surface area contributed by atoms with Gasteiger partial charge in [-0.05, 0) is 115 Å². The van der Waals surface area contributed by atoms with E-state index in [9.17, 15) is 0 Å². The van der Waals surface area contributed by atoms with Crippen LogP contribution in [0.25, 0.3) is 72.1 Å². The number of dihydropyridines is 1. The zero-order valence-electron chi connectivity index (χ0n) is 32.7. The minimum atomic E-state index is -0.0171. The van der Waals surface area contributed by atoms with E-state index in [-0.39, 0.29) is 11.5 Å². The fraction of sp³-hybridized carbons (Fsp3) is 0.0714. The van der Waals surface area contributed by atoms with Crippen molar-refractivity contribution in [1.82, 2.24) is 9.88 Å². The van der Waals surface area contributed by atoms with Crippen molar-refractivity contribution in [3.8, 4) is 39.1 Å². The van der Waals surface area contributed by atoms with Gasteiger partial charge in [0.25, 0.3) is 0 Å². The van der Waals surface area contributed by atoms with Crippen molar-refractivity contribution in [2.75, 3.05) is 0 Å². The van der Waals surface area contributed by atoms with E-state index < -0.39 is 0 Å². The molecule has 58 heavy (non-hydrogen) atoms. The van der Waals surface area contributed by atoms with Gasteiger partial charge in [0.15, 0.2) is 0 Å². The summed E-state index contributed by atoms with van der Waals surface area (Å²) in [6, 6.07) is 71.0. The molecule has 0 fully saturated rings. The van der Waals surface area contributed by atoms with Gasteiger partial charge in [-0.25, -0.2) is 0 Å². The molecule has 2 heteroatoms. The van der Waals surface area contributed by atoms with E-state index in [1.54, 1.807) is 0 Å². The van der Waals surface area contributed by atoms with E-state index in [0.717, 1.165) is 11.4 Å². The SMILES string of the molecule is CC1(C)c2ccccc2-c2ccc(-c3ccc(-c4ccc5c(c4)c4ccccc4n5-c4cccc(C5C=C(c6ccccc6)C=C(c6ccccc6)N5)c4)cc3)cc21. The lowest BCUT2D eigenvalue weighted by Gasteiger charge is -2.26. The fourth-order valence-corrected chi connectivity index (χ4v) is 9.44. The number of hydrogen-bond donors (Lipinski definition) is 1. The number of para-hydroxylation sites is 1. The van der Waals surface area contributed by atoms with Crippen LogP contribution in [0.5, 0.6) is 0 Å². The molecule has 9 aromatic rings. The molecule has 0 radical (unpaired) electrons. The topological polar surface area (TPSA) is 17.0 Å². The summed E-state index contributed by atoms with van der Waals surface area (Å²) in [5.41, 5.74) is 19.9. The summed E-state index contributed by atoms with van der Waals surface area (Å²) in [5, 5.41) is 6.37. The first-order valence-corrected chi connectivity index (χ1v) is 20.3. The van der Waals surface area contributed by atoms with Gasteiger partial charge < -0.3 is 9.88 Å². The molecule has 1 N–H and O–H groups in total. The molecule has 1 atom stereocenters. The molecular formula is C56H42N2. The third-order valence-corrected chi connectivity index (χ3v) is 12.4. The van der Waals surface area contributed by atoms with E-state index in [4.69, 9.17) is 0 Å². The van der Waals surface area contributed by atoms with Crippen LogP contribution in [0.3, 0.4) is 0 Å². The highest BCUT2D eigenvalue weighted by molar-refractivity contribution is 6.10. The molecule has 2 aliphatic rings. The molecule has 2 heterocycles. The van der Waals surface area contributed by atoms with Gasteiger partial charge in [0, 0.05) is 27.6 Å². The van der Waals surface area contributed by atoms with E-state index >= 15 is 0 Å². The quantitative estimate of drug-likeness (QED) is 0.179. The molecule has 2 nitrogen and oxygen atoms in total. The Hall–Kier alpha value is -7.16. The van der Waals surface area contributed by atoms with Crippen molar-refractivity contribution in [1.29, 1.82) is 0 Å². The summed E-state index contributed by atoms with van der Waals surface area (Å²) in [4.78, 5) is 0. The number of hydrogen-bond acceptors (Lipinski definition) is 1. The van der Waals surface area contributed by atoms with Crippen molar-refractivity contribution in [3.63, 3.8) is 0 Å². The maximum absolute atomic E-state index is 3.87. The molecule has 0 bridgehead atoms. The smallest absolute Gasteiger partial charge is 0.0707 e. The van der Waals surface area contributed by atoms with Gasteiger partial charge >= 0.3 is 0 Å². The monoisotopic (exact) mass is 742 g/mol. The van der Waals surface area contributed by atoms with E-state index in [1.165, 1.54) is 88.6 Å². The van der Waals surface area contributed by atoms with Crippen LogP contribution < -0.4 is 5.32 Å². The molecule has 1 aromatic heterocycles. The molecule has 0 amide bonds. The number of rotatable bonds is 6. The highest BCUT2D eigenvalue weighted by Crippen LogP contribution is 2.49. The Morgan fingerprint density at radius 1 is 0.448 bits per heavy atom. The first kappa shape index (κ1) is 34.1. The van der Waals surface area contributed by atoms with Crippen LogP contribution in [0.1, 0.15) is 47.7 Å². The summed E-state index contributed by atoms with van der Waals surface area (Å²) in [6.45, 7) is 4.70. The third-order valence-electron chi connectivity index (χ3n) is 12.4. The molecule has 0 saturated carbocycles. The first-order chi connectivity index (χ1) is 28.5. The normalized spacial score (nSPS) is 15.4. The van der Waals surface area contributed by atoms with Crippen LogP contribution in [-0.2, 0) is 5.41 Å². The number of nitrogens with zero attached hydrogens (tertiary/aromatic N) is 1. The van der Waals surface area contributed by atoms with Crippen molar-refractivity contribution in [2.24, 2.45) is 0 Å². The van der Waals surface area contributed by atoms with Gasteiger partial charge in [-0.2, -0.15) is 0 Å². The zero-order chi connectivity index (χ0) is 38.8. The van der Waals surface area contributed by atoms with Crippen molar-refractivity contribution in [2.45, 2.75) is 25.3 Å². The summed E-state index contributed by atoms with van der Waals surface area (Å²) in [5.74, 6) is 0. The second-order valence-electron chi connectivity index (χ2n) is 16.2. The van der Waals surface area contributed by atoms with Crippen molar-refractivity contribution < 1.29 is 0 Å². The van der Waals surface area contributed by atoms with Crippen LogP contribution in [-0.4, -0.2) is 4.57 Å². The van der Waals surface area contributed by atoms with Crippen LogP contribution in [0, 0.1) is 0 Å². The minimum absolute atomic E-state index is 0.00220. The molecule has 11 rings (SSSR count). The number of fused-ring (bicyclic) bond motifs is 6. The number of aromatic nitrogens is 1. The Morgan fingerprint density at radius 3 is 1.86 bits per heavy atom. The molecule has 1 unspecified atom stereocenters. The second-order valence-corrected chi connectivity index (χ2v) is 16.2. The lowest BCUT2D eigenvalue weighted by atomic mass is 9.81. The predicted octanol–water partition coefficient (Wildman–Crippen LogP) is 14.2. The average molecular weight is 743 g/mol. The standard InChI is InChI=1S/C56H42N2/c1-56(2)50-22-11-9-20-46(50)47-30-28-42(34-51(47)56)39-26-24-38(25-27-39)41-29-31-55-49(33-41)48-21-10-12-23-54(48)58(55)45-19-13-18-43(32-45)53-36-44(37-14-5-3-6-15-37)35-52(57-53)40-16-7-4-8-17-40/h3-36,53,57H,1-2H3. The lowest BCUT2D eigenvalue weighted by Crippen LogP contribution is -2.22. The Balaban J connectivity index is 0.942. The fourth-order valence-electron chi connectivity index (χ4n) is 9.44. The Bertz CT molecular complexity index is 3090. The van der Waals surface area contributed by atoms with Crippen molar-refractivity contribution >= 4 is 33.1 Å². The van der Waals surface area contributed by atoms with Crippen LogP contribution in [0.2, 0.25) is 0 Å². The zero-order valence-corrected chi connectivity index (χ0v) is 32.7. The summed E-state index contributed by atoms with van der Waals surface area (Å²) in [7, 11) is 0. The molecule has 0 saturated heterocycles. The van der Waals surface area contributed by atoms with Gasteiger partial charge in [0.2, 0.25) is 0 Å². The lowest BCUT2D eigenvalue weighted by molar-refractivity contribution is 0.660. The molecule has 1 aliphatic heterocycles. The first-order valence-electron chi connectivity index (χ1n) is 20.3. The number of nitrogens with one attached hydrogen (secondary N) is 1. The van der Waals surface area contributed by atoms with Gasteiger partial charge in [-0.15, -0.1) is 0 Å². The molecular weight excluding hydrogens is 701 g/mol. The van der Waals surface area contributed by atoms with E-state index in [1.807, 2.05) is 0 Å². The average Bonchev–Trinajstić information content (AvgIpc) is 3.74. The largest absolute Gasteiger partial charge is 0.374 e. The van der Waals surface area contributed by atoms with Crippen molar-refractivity contribution in [3.05, 3.63) is 234 Å². The maximum atomic E-state index is 3.87. The van der Waals surface area contributed by atoms with E-state index in [2.05, 4.69) is 230 Å². The molecule has 8 aromatic carbocycles. The van der Waals surface area contributed by atoms with Gasteiger partial charge in [-0.1, -0.05) is 172 Å². The molecule has 1 aliphatic carbocycles. The summed E-state index contributed by atoms with van der Waals surface area (Å²) in [6.07, 6.45) is 4.63. The van der Waals surface area contributed by atoms with Gasteiger partial charge in [0.05, 0.1) is 17.1 Å².